The quantitative estimate of drug-likeness (QED) is 0.748. The van der Waals surface area contributed by atoms with E-state index in [4.69, 9.17) is 10.1 Å². The van der Waals surface area contributed by atoms with E-state index in [0.29, 0.717) is 5.56 Å². The number of rotatable bonds is 1. The predicted octanol–water partition coefficient (Wildman–Crippen LogP) is 1.35. The van der Waals surface area contributed by atoms with Crippen molar-refractivity contribution in [2.75, 3.05) is 13.2 Å². The minimum atomic E-state index is 0.281. The summed E-state index contributed by atoms with van der Waals surface area (Å²) >= 11 is 0. The van der Waals surface area contributed by atoms with Crippen LogP contribution in [0.5, 0.6) is 0 Å². The highest BCUT2D eigenvalue weighted by Crippen LogP contribution is 2.22. The van der Waals surface area contributed by atoms with Crippen molar-refractivity contribution in [1.29, 1.82) is 5.26 Å². The average molecular weight is 203 g/mol. The fraction of sp³-hybridized carbons (Fsp3) is 0.455. The Labute approximate surface area is 88.8 Å². The number of hydroxylamine groups is 1. The summed E-state index contributed by atoms with van der Waals surface area (Å²) < 4.78 is 0. The summed E-state index contributed by atoms with van der Waals surface area (Å²) in [6, 6.07) is 5.79. The lowest BCUT2D eigenvalue weighted by atomic mass is 9.96. The van der Waals surface area contributed by atoms with Crippen LogP contribution in [-0.4, -0.2) is 18.1 Å². The van der Waals surface area contributed by atoms with Gasteiger partial charge in [0, 0.05) is 18.7 Å². The molecule has 4 nitrogen and oxygen atoms in total. The lowest BCUT2D eigenvalue weighted by Crippen LogP contribution is -2.19. The molecule has 1 saturated heterocycles. The van der Waals surface area contributed by atoms with E-state index in [1.54, 1.807) is 12.3 Å². The largest absolute Gasteiger partial charge is 0.302 e. The molecule has 1 N–H and O–H groups in total. The fourth-order valence-electron chi connectivity index (χ4n) is 1.81. The van der Waals surface area contributed by atoms with Gasteiger partial charge >= 0.3 is 0 Å². The third-order valence-electron chi connectivity index (χ3n) is 2.58. The Morgan fingerprint density at radius 2 is 2.53 bits per heavy atom. The summed E-state index contributed by atoms with van der Waals surface area (Å²) in [6.07, 6.45) is 3.75. The van der Waals surface area contributed by atoms with E-state index in [9.17, 15) is 0 Å². The zero-order chi connectivity index (χ0) is 10.5. The van der Waals surface area contributed by atoms with Gasteiger partial charge in [-0.25, -0.2) is 5.48 Å². The van der Waals surface area contributed by atoms with E-state index in [-0.39, 0.29) is 5.92 Å². The molecule has 0 bridgehead atoms. The highest BCUT2D eigenvalue weighted by atomic mass is 16.6. The molecule has 0 saturated carbocycles. The molecular weight excluding hydrogens is 190 g/mol. The van der Waals surface area contributed by atoms with Crippen molar-refractivity contribution in [2.45, 2.75) is 18.8 Å². The monoisotopic (exact) mass is 203 g/mol. The first-order chi connectivity index (χ1) is 7.42. The Hall–Kier alpha value is -1.44. The normalized spacial score (nSPS) is 21.7. The number of nitrogens with one attached hydrogen (secondary N) is 1. The van der Waals surface area contributed by atoms with Crippen molar-refractivity contribution in [3.8, 4) is 6.07 Å². The molecule has 0 aromatic carbocycles. The van der Waals surface area contributed by atoms with Gasteiger partial charge in [-0.15, -0.1) is 0 Å². The second-order valence-electron chi connectivity index (χ2n) is 3.58. The van der Waals surface area contributed by atoms with Gasteiger partial charge in [-0.3, -0.25) is 4.98 Å². The van der Waals surface area contributed by atoms with Crippen LogP contribution in [0.25, 0.3) is 0 Å². The van der Waals surface area contributed by atoms with E-state index in [1.165, 1.54) is 0 Å². The van der Waals surface area contributed by atoms with Crippen molar-refractivity contribution in [3.05, 3.63) is 29.6 Å². The average Bonchev–Trinajstić information content (AvgIpc) is 2.57. The smallest absolute Gasteiger partial charge is 0.101 e. The fourth-order valence-corrected chi connectivity index (χ4v) is 1.81. The van der Waals surface area contributed by atoms with Crippen molar-refractivity contribution < 1.29 is 4.84 Å². The molecule has 0 amide bonds. The van der Waals surface area contributed by atoms with Crippen LogP contribution in [0.3, 0.4) is 0 Å². The van der Waals surface area contributed by atoms with Crippen LogP contribution >= 0.6 is 0 Å². The maximum absolute atomic E-state index is 8.98. The lowest BCUT2D eigenvalue weighted by Gasteiger charge is -2.13. The number of nitrogens with zero attached hydrogens (tertiary/aromatic N) is 2. The van der Waals surface area contributed by atoms with Crippen LogP contribution in [0.2, 0.25) is 0 Å². The van der Waals surface area contributed by atoms with E-state index < -0.39 is 0 Å². The van der Waals surface area contributed by atoms with Gasteiger partial charge in [0.1, 0.15) is 6.07 Å². The molecule has 2 rings (SSSR count). The predicted molar refractivity (Wildman–Crippen MR) is 54.9 cm³/mol. The second-order valence-corrected chi connectivity index (χ2v) is 3.58. The first-order valence-electron chi connectivity index (χ1n) is 5.11. The zero-order valence-corrected chi connectivity index (χ0v) is 8.44. The number of hydrogen-bond donors (Lipinski definition) is 1. The van der Waals surface area contributed by atoms with Gasteiger partial charge in [0.05, 0.1) is 17.9 Å². The number of nitriles is 1. The second kappa shape index (κ2) is 4.87. The van der Waals surface area contributed by atoms with Crippen molar-refractivity contribution >= 4 is 0 Å². The summed E-state index contributed by atoms with van der Waals surface area (Å²) in [6.45, 7) is 1.46. The summed E-state index contributed by atoms with van der Waals surface area (Å²) in [5, 5.41) is 8.98. The molecule has 2 heterocycles. The van der Waals surface area contributed by atoms with Crippen LogP contribution in [0.4, 0.5) is 0 Å². The Kier molecular flexibility index (Phi) is 3.28. The van der Waals surface area contributed by atoms with Gasteiger partial charge in [0.15, 0.2) is 0 Å². The summed E-state index contributed by atoms with van der Waals surface area (Å²) in [5.74, 6) is 0.281. The van der Waals surface area contributed by atoms with Crippen LogP contribution in [0.15, 0.2) is 18.3 Å². The highest BCUT2D eigenvalue weighted by Gasteiger charge is 2.18. The number of hydrogen-bond acceptors (Lipinski definition) is 4. The molecule has 1 fully saturated rings. The topological polar surface area (TPSA) is 57.9 Å². The molecule has 4 heteroatoms. The molecule has 0 radical (unpaired) electrons. The van der Waals surface area contributed by atoms with E-state index in [0.717, 1.165) is 31.7 Å². The molecular formula is C11H13N3O. The number of aromatic nitrogens is 1. The lowest BCUT2D eigenvalue weighted by molar-refractivity contribution is 0.0512. The third kappa shape index (κ3) is 2.32. The zero-order valence-electron chi connectivity index (χ0n) is 8.44. The minimum Gasteiger partial charge on any atom is -0.302 e. The van der Waals surface area contributed by atoms with Crippen molar-refractivity contribution in [2.24, 2.45) is 0 Å². The highest BCUT2D eigenvalue weighted by molar-refractivity contribution is 5.34. The van der Waals surface area contributed by atoms with E-state index in [2.05, 4.69) is 16.5 Å². The molecule has 15 heavy (non-hydrogen) atoms. The van der Waals surface area contributed by atoms with Gasteiger partial charge in [0.25, 0.3) is 0 Å². The molecule has 1 aliphatic heterocycles. The maximum Gasteiger partial charge on any atom is 0.101 e. The van der Waals surface area contributed by atoms with Gasteiger partial charge < -0.3 is 4.84 Å². The Bertz CT molecular complexity index is 364. The van der Waals surface area contributed by atoms with Crippen LogP contribution < -0.4 is 5.48 Å². The van der Waals surface area contributed by atoms with Crippen molar-refractivity contribution in [1.82, 2.24) is 10.5 Å². The first-order valence-corrected chi connectivity index (χ1v) is 5.11. The van der Waals surface area contributed by atoms with Gasteiger partial charge in [0.2, 0.25) is 0 Å². The van der Waals surface area contributed by atoms with Gasteiger partial charge in [-0.2, -0.15) is 5.26 Å². The van der Waals surface area contributed by atoms with Crippen LogP contribution in [0.1, 0.15) is 30.0 Å². The Balaban J connectivity index is 2.23. The molecule has 1 unspecified atom stereocenters. The van der Waals surface area contributed by atoms with Crippen LogP contribution in [-0.2, 0) is 4.84 Å². The summed E-state index contributed by atoms with van der Waals surface area (Å²) in [4.78, 5) is 9.46. The molecule has 1 aromatic heterocycles. The Morgan fingerprint density at radius 1 is 1.60 bits per heavy atom. The molecule has 0 spiro atoms. The Morgan fingerprint density at radius 3 is 3.40 bits per heavy atom. The molecule has 1 aromatic rings. The molecule has 0 aliphatic carbocycles. The molecule has 78 valence electrons. The van der Waals surface area contributed by atoms with Crippen molar-refractivity contribution in [3.63, 3.8) is 0 Å². The standard InChI is InChI=1S/C11H13N3O/c12-7-9-3-1-5-13-11(9)10-4-2-6-15-14-8-10/h1,3,5,10,14H,2,4,6,8H2. The van der Waals surface area contributed by atoms with Gasteiger partial charge in [-0.05, 0) is 25.0 Å². The number of pyridine rings is 1. The first kappa shape index (κ1) is 10.1. The molecule has 1 aliphatic rings. The third-order valence-corrected chi connectivity index (χ3v) is 2.58. The van der Waals surface area contributed by atoms with Crippen LogP contribution in [0, 0.1) is 11.3 Å². The summed E-state index contributed by atoms with van der Waals surface area (Å²) in [5.41, 5.74) is 4.46. The van der Waals surface area contributed by atoms with Gasteiger partial charge in [-0.1, -0.05) is 0 Å². The van der Waals surface area contributed by atoms with E-state index in [1.807, 2.05) is 6.07 Å². The molecule has 1 atom stereocenters. The summed E-state index contributed by atoms with van der Waals surface area (Å²) in [7, 11) is 0. The maximum atomic E-state index is 8.98. The van der Waals surface area contributed by atoms with E-state index >= 15 is 0 Å². The SMILES string of the molecule is N#Cc1cccnc1C1CCCONC1. The minimum absolute atomic E-state index is 0.281.